The topological polar surface area (TPSA) is 76.0 Å². The predicted octanol–water partition coefficient (Wildman–Crippen LogP) is -0.848. The molecule has 1 rings (SSSR count). The molecule has 86 valence electrons. The van der Waals surface area contributed by atoms with Crippen LogP contribution in [0.4, 0.5) is 0 Å². The molecule has 0 unspecified atom stereocenters. The van der Waals surface area contributed by atoms with Crippen molar-refractivity contribution in [2.45, 2.75) is 13.1 Å². The highest BCUT2D eigenvalue weighted by Gasteiger charge is 2.02. The Bertz CT molecular complexity index is 399. The molecule has 15 heavy (non-hydrogen) atoms. The van der Waals surface area contributed by atoms with Crippen molar-refractivity contribution in [3.63, 3.8) is 0 Å². The number of nitrogens with one attached hydrogen (secondary N) is 2. The van der Waals surface area contributed by atoms with E-state index in [1.165, 1.54) is 0 Å². The number of imidazole rings is 1. The van der Waals surface area contributed by atoms with E-state index in [1.807, 2.05) is 11.6 Å². The highest BCUT2D eigenvalue weighted by molar-refractivity contribution is 7.88. The van der Waals surface area contributed by atoms with Crippen molar-refractivity contribution < 1.29 is 8.42 Å². The minimum Gasteiger partial charge on any atom is -0.332 e. The zero-order valence-electron chi connectivity index (χ0n) is 8.90. The van der Waals surface area contributed by atoms with Crippen LogP contribution in [0.3, 0.4) is 0 Å². The molecular formula is C8H16N4O2S. The van der Waals surface area contributed by atoms with E-state index in [9.17, 15) is 8.42 Å². The molecule has 0 saturated carbocycles. The third-order valence-electron chi connectivity index (χ3n) is 1.87. The van der Waals surface area contributed by atoms with Crippen molar-refractivity contribution >= 4 is 10.0 Å². The van der Waals surface area contributed by atoms with Crippen LogP contribution in [0.2, 0.25) is 0 Å². The Morgan fingerprint density at radius 2 is 2.27 bits per heavy atom. The van der Waals surface area contributed by atoms with Crippen LogP contribution in [0.1, 0.15) is 5.69 Å². The first kappa shape index (κ1) is 12.2. The van der Waals surface area contributed by atoms with Crippen LogP contribution in [0.5, 0.6) is 0 Å². The van der Waals surface area contributed by atoms with Crippen molar-refractivity contribution in [3.05, 3.63) is 18.2 Å². The summed E-state index contributed by atoms with van der Waals surface area (Å²) in [5.41, 5.74) is 1.04. The van der Waals surface area contributed by atoms with Gasteiger partial charge in [0, 0.05) is 25.8 Å². The molecule has 1 aromatic heterocycles. The van der Waals surface area contributed by atoms with Gasteiger partial charge < -0.3 is 9.88 Å². The Labute approximate surface area is 89.8 Å². The lowest BCUT2D eigenvalue weighted by molar-refractivity contribution is 0.573. The fourth-order valence-corrected chi connectivity index (χ4v) is 1.69. The van der Waals surface area contributed by atoms with Gasteiger partial charge in [-0.25, -0.2) is 18.1 Å². The van der Waals surface area contributed by atoms with Gasteiger partial charge in [0.05, 0.1) is 18.3 Å². The summed E-state index contributed by atoms with van der Waals surface area (Å²) >= 11 is 0. The standard InChI is InChI=1S/C8H16N4O2S/c1-9-5-8-6-10-7-12(8)4-3-11-15(2,13)14/h6-7,9,11H,3-5H2,1-2H3. The second-order valence-electron chi connectivity index (χ2n) is 3.28. The van der Waals surface area contributed by atoms with Crippen LogP contribution in [0.15, 0.2) is 12.5 Å². The number of aromatic nitrogens is 2. The van der Waals surface area contributed by atoms with E-state index < -0.39 is 10.0 Å². The summed E-state index contributed by atoms with van der Waals surface area (Å²) in [6.07, 6.45) is 4.60. The molecule has 0 atom stereocenters. The van der Waals surface area contributed by atoms with Crippen molar-refractivity contribution in [3.8, 4) is 0 Å². The Balaban J connectivity index is 2.47. The minimum atomic E-state index is -3.10. The zero-order valence-corrected chi connectivity index (χ0v) is 9.71. The van der Waals surface area contributed by atoms with Crippen LogP contribution in [0.25, 0.3) is 0 Å². The van der Waals surface area contributed by atoms with Crippen LogP contribution in [-0.4, -0.2) is 37.8 Å². The van der Waals surface area contributed by atoms with Gasteiger partial charge in [-0.1, -0.05) is 0 Å². The van der Waals surface area contributed by atoms with Crippen molar-refractivity contribution in [1.82, 2.24) is 19.6 Å². The number of hydrogen-bond donors (Lipinski definition) is 2. The van der Waals surface area contributed by atoms with Gasteiger partial charge in [-0.15, -0.1) is 0 Å². The average Bonchev–Trinajstić information content (AvgIpc) is 2.51. The highest BCUT2D eigenvalue weighted by Crippen LogP contribution is 1.97. The Morgan fingerprint density at radius 1 is 1.53 bits per heavy atom. The molecular weight excluding hydrogens is 216 g/mol. The molecule has 0 amide bonds. The quantitative estimate of drug-likeness (QED) is 0.670. The third-order valence-corrected chi connectivity index (χ3v) is 2.60. The second kappa shape index (κ2) is 5.24. The van der Waals surface area contributed by atoms with Gasteiger partial charge in [0.25, 0.3) is 0 Å². The minimum absolute atomic E-state index is 0.381. The zero-order chi connectivity index (χ0) is 11.3. The second-order valence-corrected chi connectivity index (χ2v) is 5.11. The molecule has 0 aliphatic heterocycles. The van der Waals surface area contributed by atoms with Gasteiger partial charge in [0.15, 0.2) is 0 Å². The first-order valence-electron chi connectivity index (χ1n) is 4.61. The Hall–Kier alpha value is -0.920. The van der Waals surface area contributed by atoms with E-state index >= 15 is 0 Å². The Morgan fingerprint density at radius 3 is 2.87 bits per heavy atom. The summed E-state index contributed by atoms with van der Waals surface area (Å²) in [5.74, 6) is 0. The maximum Gasteiger partial charge on any atom is 0.208 e. The fraction of sp³-hybridized carbons (Fsp3) is 0.625. The molecule has 1 aromatic rings. The molecule has 0 aliphatic rings. The van der Waals surface area contributed by atoms with Crippen LogP contribution >= 0.6 is 0 Å². The van der Waals surface area contributed by atoms with Crippen LogP contribution < -0.4 is 10.0 Å². The molecule has 6 nitrogen and oxygen atoms in total. The molecule has 0 aliphatic carbocycles. The van der Waals surface area contributed by atoms with E-state index in [4.69, 9.17) is 0 Å². The SMILES string of the molecule is CNCc1cncn1CCNS(C)(=O)=O. The maximum atomic E-state index is 10.8. The molecule has 0 bridgehead atoms. The van der Waals surface area contributed by atoms with E-state index in [-0.39, 0.29) is 0 Å². The monoisotopic (exact) mass is 232 g/mol. The summed E-state index contributed by atoms with van der Waals surface area (Å²) < 4.78 is 26.0. The smallest absolute Gasteiger partial charge is 0.208 e. The predicted molar refractivity (Wildman–Crippen MR) is 57.8 cm³/mol. The summed E-state index contributed by atoms with van der Waals surface area (Å²) in [6, 6.07) is 0. The van der Waals surface area contributed by atoms with Crippen molar-refractivity contribution in [1.29, 1.82) is 0 Å². The largest absolute Gasteiger partial charge is 0.332 e. The number of hydrogen-bond acceptors (Lipinski definition) is 4. The summed E-state index contributed by atoms with van der Waals surface area (Å²) in [4.78, 5) is 4.00. The molecule has 0 radical (unpaired) electrons. The van der Waals surface area contributed by atoms with Gasteiger partial charge >= 0.3 is 0 Å². The highest BCUT2D eigenvalue weighted by atomic mass is 32.2. The third kappa shape index (κ3) is 4.41. The lowest BCUT2D eigenvalue weighted by atomic mass is 10.4. The van der Waals surface area contributed by atoms with Gasteiger partial charge in [-0.2, -0.15) is 0 Å². The fourth-order valence-electron chi connectivity index (χ4n) is 1.23. The van der Waals surface area contributed by atoms with Crippen molar-refractivity contribution in [2.75, 3.05) is 19.8 Å². The number of nitrogens with zero attached hydrogens (tertiary/aromatic N) is 2. The summed E-state index contributed by atoms with van der Waals surface area (Å²) in [5, 5.41) is 3.02. The average molecular weight is 232 g/mol. The van der Waals surface area contributed by atoms with E-state index in [2.05, 4.69) is 15.0 Å². The molecule has 2 N–H and O–H groups in total. The summed E-state index contributed by atoms with van der Waals surface area (Å²) in [6.45, 7) is 1.69. The lowest BCUT2D eigenvalue weighted by Crippen LogP contribution is -2.26. The van der Waals surface area contributed by atoms with Gasteiger partial charge in [-0.3, -0.25) is 0 Å². The van der Waals surface area contributed by atoms with E-state index in [1.54, 1.807) is 12.5 Å². The van der Waals surface area contributed by atoms with E-state index in [0.717, 1.165) is 18.5 Å². The van der Waals surface area contributed by atoms with Gasteiger partial charge in [0.2, 0.25) is 10.0 Å². The molecule has 7 heteroatoms. The molecule has 0 fully saturated rings. The molecule has 0 saturated heterocycles. The molecule has 1 heterocycles. The number of rotatable bonds is 6. The molecule has 0 aromatic carbocycles. The van der Waals surface area contributed by atoms with E-state index in [0.29, 0.717) is 13.1 Å². The maximum absolute atomic E-state index is 10.8. The van der Waals surface area contributed by atoms with Crippen molar-refractivity contribution in [2.24, 2.45) is 0 Å². The number of sulfonamides is 1. The molecule has 0 spiro atoms. The normalized spacial score (nSPS) is 11.9. The Kier molecular flexibility index (Phi) is 4.25. The first-order valence-corrected chi connectivity index (χ1v) is 6.50. The van der Waals surface area contributed by atoms with Gasteiger partial charge in [-0.05, 0) is 7.05 Å². The first-order chi connectivity index (χ1) is 7.03. The lowest BCUT2D eigenvalue weighted by Gasteiger charge is -2.07. The van der Waals surface area contributed by atoms with Crippen LogP contribution in [-0.2, 0) is 23.1 Å². The summed E-state index contributed by atoms with van der Waals surface area (Å²) in [7, 11) is -1.25. The van der Waals surface area contributed by atoms with Crippen LogP contribution in [0, 0.1) is 0 Å². The van der Waals surface area contributed by atoms with Gasteiger partial charge in [0.1, 0.15) is 0 Å².